The molecule has 0 aliphatic heterocycles. The summed E-state index contributed by atoms with van der Waals surface area (Å²) in [5.74, 6) is -0.382. The Kier molecular flexibility index (Phi) is 4.03. The summed E-state index contributed by atoms with van der Waals surface area (Å²) in [6.07, 6.45) is 2.51. The predicted molar refractivity (Wildman–Crippen MR) is 56.9 cm³/mol. The van der Waals surface area contributed by atoms with Gasteiger partial charge in [-0.3, -0.25) is 4.79 Å². The quantitative estimate of drug-likeness (QED) is 0.786. The van der Waals surface area contributed by atoms with Crippen molar-refractivity contribution in [2.75, 3.05) is 18.0 Å². The zero-order chi connectivity index (χ0) is 11.3. The largest absolute Gasteiger partial charge is 0.480 e. The van der Waals surface area contributed by atoms with Gasteiger partial charge in [0.25, 0.3) is 0 Å². The number of hydrogen-bond acceptors (Lipinski definition) is 4. The van der Waals surface area contributed by atoms with Crippen LogP contribution in [-0.2, 0) is 4.79 Å². The van der Waals surface area contributed by atoms with Gasteiger partial charge in [0.15, 0.2) is 0 Å². The molecule has 1 aromatic rings. The minimum Gasteiger partial charge on any atom is -0.480 e. The van der Waals surface area contributed by atoms with Crippen molar-refractivity contribution in [2.45, 2.75) is 20.3 Å². The van der Waals surface area contributed by atoms with E-state index in [9.17, 15) is 4.79 Å². The highest BCUT2D eigenvalue weighted by Gasteiger charge is 2.11. The summed E-state index contributed by atoms with van der Waals surface area (Å²) in [6.45, 7) is 4.44. The number of aliphatic carboxylic acids is 1. The highest BCUT2D eigenvalue weighted by atomic mass is 16.4. The number of rotatable bonds is 5. The van der Waals surface area contributed by atoms with Gasteiger partial charge in [0, 0.05) is 18.4 Å². The molecule has 0 unspecified atom stereocenters. The minimum absolute atomic E-state index is 0.0582. The van der Waals surface area contributed by atoms with Crippen LogP contribution in [0.4, 0.5) is 5.95 Å². The number of nitrogens with zero attached hydrogens (tertiary/aromatic N) is 3. The van der Waals surface area contributed by atoms with E-state index in [1.165, 1.54) is 0 Å². The Morgan fingerprint density at radius 2 is 2.33 bits per heavy atom. The lowest BCUT2D eigenvalue weighted by atomic mass is 10.4. The first-order chi connectivity index (χ1) is 7.13. The van der Waals surface area contributed by atoms with Crippen molar-refractivity contribution >= 4 is 11.9 Å². The Hall–Kier alpha value is -1.65. The van der Waals surface area contributed by atoms with E-state index in [0.29, 0.717) is 12.5 Å². The number of aryl methyl sites for hydroxylation is 1. The monoisotopic (exact) mass is 209 g/mol. The zero-order valence-corrected chi connectivity index (χ0v) is 8.97. The molecule has 0 saturated heterocycles. The molecule has 0 bridgehead atoms. The second kappa shape index (κ2) is 5.29. The number of carbonyl (C=O) groups is 1. The Bertz CT molecular complexity index is 341. The molecule has 5 heteroatoms. The number of aromatic nitrogens is 2. The summed E-state index contributed by atoms with van der Waals surface area (Å²) < 4.78 is 0. The maximum absolute atomic E-state index is 10.6. The molecule has 0 spiro atoms. The van der Waals surface area contributed by atoms with Crippen LogP contribution in [0.25, 0.3) is 0 Å². The molecule has 1 heterocycles. The van der Waals surface area contributed by atoms with Crippen molar-refractivity contribution in [1.29, 1.82) is 0 Å². The number of hydrogen-bond donors (Lipinski definition) is 1. The lowest BCUT2D eigenvalue weighted by Gasteiger charge is -2.19. The molecule has 0 aliphatic carbocycles. The molecular weight excluding hydrogens is 194 g/mol. The fourth-order valence-electron chi connectivity index (χ4n) is 1.27. The summed E-state index contributed by atoms with van der Waals surface area (Å²) in [4.78, 5) is 20.6. The first kappa shape index (κ1) is 11.4. The average molecular weight is 209 g/mol. The second-order valence-corrected chi connectivity index (χ2v) is 3.31. The van der Waals surface area contributed by atoms with Gasteiger partial charge in [-0.05, 0) is 19.4 Å². The van der Waals surface area contributed by atoms with Crippen LogP contribution >= 0.6 is 0 Å². The third kappa shape index (κ3) is 3.53. The molecule has 0 atom stereocenters. The van der Waals surface area contributed by atoms with E-state index in [0.717, 1.165) is 12.1 Å². The van der Waals surface area contributed by atoms with Gasteiger partial charge in [0.05, 0.1) is 0 Å². The van der Waals surface area contributed by atoms with Gasteiger partial charge in [-0.15, -0.1) is 0 Å². The molecule has 82 valence electrons. The summed E-state index contributed by atoms with van der Waals surface area (Å²) in [6, 6.07) is 1.79. The fraction of sp³-hybridized carbons (Fsp3) is 0.500. The molecule has 0 saturated carbocycles. The van der Waals surface area contributed by atoms with Crippen molar-refractivity contribution in [2.24, 2.45) is 0 Å². The molecule has 0 amide bonds. The second-order valence-electron chi connectivity index (χ2n) is 3.31. The smallest absolute Gasteiger partial charge is 0.323 e. The van der Waals surface area contributed by atoms with E-state index in [4.69, 9.17) is 5.11 Å². The lowest BCUT2D eigenvalue weighted by Crippen LogP contribution is -2.31. The van der Waals surface area contributed by atoms with Crippen LogP contribution < -0.4 is 4.90 Å². The van der Waals surface area contributed by atoms with Gasteiger partial charge in [-0.2, -0.15) is 0 Å². The Labute approximate surface area is 88.8 Å². The van der Waals surface area contributed by atoms with E-state index in [2.05, 4.69) is 9.97 Å². The average Bonchev–Trinajstić information content (AvgIpc) is 2.16. The molecule has 0 radical (unpaired) electrons. The third-order valence-corrected chi connectivity index (χ3v) is 1.88. The first-order valence-electron chi connectivity index (χ1n) is 4.90. The number of anilines is 1. The molecule has 0 aromatic carbocycles. The maximum atomic E-state index is 10.6. The SMILES string of the molecule is CCCN(CC(=O)O)c1nccc(C)n1. The predicted octanol–water partition coefficient (Wildman–Crippen LogP) is 1.09. The third-order valence-electron chi connectivity index (χ3n) is 1.88. The highest BCUT2D eigenvalue weighted by Crippen LogP contribution is 2.07. The van der Waals surface area contributed by atoms with Gasteiger partial charge in [0.1, 0.15) is 6.54 Å². The van der Waals surface area contributed by atoms with Crippen LogP contribution in [0.1, 0.15) is 19.0 Å². The van der Waals surface area contributed by atoms with E-state index < -0.39 is 5.97 Å². The standard InChI is InChI=1S/C10H15N3O2/c1-3-6-13(7-9(14)15)10-11-5-4-8(2)12-10/h4-5H,3,6-7H2,1-2H3,(H,14,15). The Morgan fingerprint density at radius 1 is 1.60 bits per heavy atom. The summed E-state index contributed by atoms with van der Waals surface area (Å²) in [7, 11) is 0. The Morgan fingerprint density at radius 3 is 2.87 bits per heavy atom. The van der Waals surface area contributed by atoms with Crippen LogP contribution in [0.5, 0.6) is 0 Å². The van der Waals surface area contributed by atoms with E-state index in [-0.39, 0.29) is 6.54 Å². The van der Waals surface area contributed by atoms with Crippen LogP contribution in [0.15, 0.2) is 12.3 Å². The summed E-state index contributed by atoms with van der Waals surface area (Å²) >= 11 is 0. The maximum Gasteiger partial charge on any atom is 0.323 e. The minimum atomic E-state index is -0.867. The molecule has 0 aliphatic rings. The molecule has 15 heavy (non-hydrogen) atoms. The van der Waals surface area contributed by atoms with Crippen molar-refractivity contribution in [3.8, 4) is 0 Å². The van der Waals surface area contributed by atoms with Gasteiger partial charge >= 0.3 is 5.97 Å². The molecule has 5 nitrogen and oxygen atoms in total. The van der Waals surface area contributed by atoms with E-state index >= 15 is 0 Å². The van der Waals surface area contributed by atoms with Crippen molar-refractivity contribution in [3.63, 3.8) is 0 Å². The van der Waals surface area contributed by atoms with Crippen molar-refractivity contribution in [3.05, 3.63) is 18.0 Å². The molecule has 1 N–H and O–H groups in total. The summed E-state index contributed by atoms with van der Waals surface area (Å²) in [5.41, 5.74) is 0.839. The van der Waals surface area contributed by atoms with E-state index in [1.54, 1.807) is 17.2 Å². The van der Waals surface area contributed by atoms with E-state index in [1.807, 2.05) is 13.8 Å². The first-order valence-corrected chi connectivity index (χ1v) is 4.90. The number of carboxylic acid groups (broad SMARTS) is 1. The fourth-order valence-corrected chi connectivity index (χ4v) is 1.27. The zero-order valence-electron chi connectivity index (χ0n) is 8.97. The topological polar surface area (TPSA) is 66.3 Å². The normalized spacial score (nSPS) is 10.0. The van der Waals surface area contributed by atoms with Gasteiger partial charge in [-0.1, -0.05) is 6.92 Å². The van der Waals surface area contributed by atoms with Crippen LogP contribution in [0.3, 0.4) is 0 Å². The molecular formula is C10H15N3O2. The van der Waals surface area contributed by atoms with Gasteiger partial charge < -0.3 is 10.0 Å². The Balaban J connectivity index is 2.83. The van der Waals surface area contributed by atoms with Crippen molar-refractivity contribution < 1.29 is 9.90 Å². The lowest BCUT2D eigenvalue weighted by molar-refractivity contribution is -0.135. The molecule has 0 fully saturated rings. The summed E-state index contributed by atoms with van der Waals surface area (Å²) in [5, 5.41) is 8.74. The van der Waals surface area contributed by atoms with Crippen LogP contribution in [0.2, 0.25) is 0 Å². The van der Waals surface area contributed by atoms with Crippen molar-refractivity contribution in [1.82, 2.24) is 9.97 Å². The molecule has 1 aromatic heterocycles. The number of carboxylic acids is 1. The van der Waals surface area contributed by atoms with Gasteiger partial charge in [-0.25, -0.2) is 9.97 Å². The van der Waals surface area contributed by atoms with Gasteiger partial charge in [0.2, 0.25) is 5.95 Å². The molecule has 1 rings (SSSR count). The van der Waals surface area contributed by atoms with Crippen LogP contribution in [0, 0.1) is 6.92 Å². The highest BCUT2D eigenvalue weighted by molar-refractivity contribution is 5.72. The van der Waals surface area contributed by atoms with Crippen LogP contribution in [-0.4, -0.2) is 34.1 Å².